The standard InChI is InChI=1S/C21H35N5O.HI/c1-3-22-21(23-16-18-8-7-11-24(4-2)17-18)26-14-12-25(13-15-26)19-9-5-6-10-20(19)27;/h5-6,9-10,18,27H,3-4,7-8,11-17H2,1-2H3,(H,22,23);1H. The molecule has 2 heterocycles. The highest BCUT2D eigenvalue weighted by Gasteiger charge is 2.22. The summed E-state index contributed by atoms with van der Waals surface area (Å²) in [5.41, 5.74) is 0.931. The summed E-state index contributed by atoms with van der Waals surface area (Å²) in [7, 11) is 0. The zero-order chi connectivity index (χ0) is 19.1. The Morgan fingerprint density at radius 3 is 2.57 bits per heavy atom. The molecule has 0 radical (unpaired) electrons. The van der Waals surface area contributed by atoms with Crippen molar-refractivity contribution in [2.75, 3.05) is 63.8 Å². The lowest BCUT2D eigenvalue weighted by molar-refractivity contribution is 0.186. The van der Waals surface area contributed by atoms with Crippen molar-refractivity contribution in [3.63, 3.8) is 0 Å². The molecule has 2 N–H and O–H groups in total. The van der Waals surface area contributed by atoms with Crippen LogP contribution in [-0.2, 0) is 0 Å². The van der Waals surface area contributed by atoms with Gasteiger partial charge in [0.25, 0.3) is 0 Å². The van der Waals surface area contributed by atoms with Crippen LogP contribution < -0.4 is 10.2 Å². The molecule has 3 rings (SSSR count). The highest BCUT2D eigenvalue weighted by molar-refractivity contribution is 14.0. The smallest absolute Gasteiger partial charge is 0.194 e. The fourth-order valence-electron chi connectivity index (χ4n) is 4.12. The van der Waals surface area contributed by atoms with Crippen molar-refractivity contribution in [1.82, 2.24) is 15.1 Å². The molecule has 1 aromatic carbocycles. The van der Waals surface area contributed by atoms with Gasteiger partial charge in [-0.1, -0.05) is 19.1 Å². The molecule has 2 saturated heterocycles. The number of aliphatic imine (C=N–C) groups is 1. The normalized spacial score (nSPS) is 21.4. The van der Waals surface area contributed by atoms with Crippen molar-refractivity contribution in [2.24, 2.45) is 10.9 Å². The summed E-state index contributed by atoms with van der Waals surface area (Å²) in [5, 5.41) is 13.6. The fourth-order valence-corrected chi connectivity index (χ4v) is 4.12. The first kappa shape index (κ1) is 23.1. The Labute approximate surface area is 187 Å². The van der Waals surface area contributed by atoms with Gasteiger partial charge in [-0.25, -0.2) is 0 Å². The Kier molecular flexibility index (Phi) is 9.64. The molecule has 1 unspecified atom stereocenters. The van der Waals surface area contributed by atoms with Crippen LogP contribution >= 0.6 is 24.0 Å². The monoisotopic (exact) mass is 501 g/mol. The first-order valence-corrected chi connectivity index (χ1v) is 10.5. The summed E-state index contributed by atoms with van der Waals surface area (Å²) in [4.78, 5) is 12.1. The number of halogens is 1. The van der Waals surface area contributed by atoms with E-state index in [-0.39, 0.29) is 24.0 Å². The highest BCUT2D eigenvalue weighted by atomic mass is 127. The van der Waals surface area contributed by atoms with E-state index in [0.717, 1.165) is 57.5 Å². The van der Waals surface area contributed by atoms with Crippen molar-refractivity contribution in [1.29, 1.82) is 0 Å². The van der Waals surface area contributed by atoms with Gasteiger partial charge in [-0.15, -0.1) is 24.0 Å². The molecule has 0 spiro atoms. The summed E-state index contributed by atoms with van der Waals surface area (Å²) >= 11 is 0. The van der Waals surface area contributed by atoms with E-state index in [1.807, 2.05) is 18.2 Å². The molecule has 0 amide bonds. The SMILES string of the molecule is CCNC(=NCC1CCCN(CC)C1)N1CCN(c2ccccc2O)CC1.I. The van der Waals surface area contributed by atoms with E-state index in [1.54, 1.807) is 6.07 Å². The molecule has 0 saturated carbocycles. The van der Waals surface area contributed by atoms with Crippen LogP contribution in [0.4, 0.5) is 5.69 Å². The number of benzene rings is 1. The largest absolute Gasteiger partial charge is 0.506 e. The van der Waals surface area contributed by atoms with Crippen molar-refractivity contribution >= 4 is 35.6 Å². The van der Waals surface area contributed by atoms with Gasteiger partial charge in [0.2, 0.25) is 0 Å². The minimum absolute atomic E-state index is 0. The molecule has 0 bridgehead atoms. The molecule has 7 heteroatoms. The average molecular weight is 501 g/mol. The third-order valence-electron chi connectivity index (χ3n) is 5.69. The van der Waals surface area contributed by atoms with Crippen molar-refractivity contribution in [3.05, 3.63) is 24.3 Å². The molecule has 28 heavy (non-hydrogen) atoms. The van der Waals surface area contributed by atoms with E-state index >= 15 is 0 Å². The number of phenols is 1. The molecule has 2 aliphatic rings. The van der Waals surface area contributed by atoms with Crippen molar-refractivity contribution in [2.45, 2.75) is 26.7 Å². The van der Waals surface area contributed by atoms with Gasteiger partial charge in [-0.3, -0.25) is 4.99 Å². The molecule has 6 nitrogen and oxygen atoms in total. The van der Waals surface area contributed by atoms with Gasteiger partial charge in [0.05, 0.1) is 5.69 Å². The van der Waals surface area contributed by atoms with Gasteiger partial charge in [-0.05, 0) is 50.9 Å². The molecule has 158 valence electrons. The van der Waals surface area contributed by atoms with Crippen LogP contribution in [0.2, 0.25) is 0 Å². The number of aromatic hydroxyl groups is 1. The molecule has 0 aromatic heterocycles. The maximum Gasteiger partial charge on any atom is 0.194 e. The van der Waals surface area contributed by atoms with Gasteiger partial charge < -0.3 is 25.1 Å². The first-order chi connectivity index (χ1) is 13.2. The summed E-state index contributed by atoms with van der Waals surface area (Å²) in [6.07, 6.45) is 2.59. The number of rotatable bonds is 5. The molecule has 0 aliphatic carbocycles. The number of hydrogen-bond acceptors (Lipinski definition) is 4. The quantitative estimate of drug-likeness (QED) is 0.369. The minimum atomic E-state index is 0. The summed E-state index contributed by atoms with van der Waals surface area (Å²) in [6.45, 7) is 13.4. The molecular formula is C21H36IN5O. The molecule has 2 aliphatic heterocycles. The topological polar surface area (TPSA) is 54.3 Å². The Morgan fingerprint density at radius 2 is 1.89 bits per heavy atom. The summed E-state index contributed by atoms with van der Waals surface area (Å²) in [5.74, 6) is 2.09. The number of piperidine rings is 1. The van der Waals surface area contributed by atoms with E-state index in [2.05, 4.69) is 33.9 Å². The zero-order valence-electron chi connectivity index (χ0n) is 17.3. The number of para-hydroxylation sites is 2. The van der Waals surface area contributed by atoms with E-state index in [9.17, 15) is 5.11 Å². The Balaban J connectivity index is 0.00000280. The first-order valence-electron chi connectivity index (χ1n) is 10.5. The van der Waals surface area contributed by atoms with E-state index < -0.39 is 0 Å². The van der Waals surface area contributed by atoms with Crippen LogP contribution in [-0.4, -0.2) is 79.8 Å². The second kappa shape index (κ2) is 11.7. The lowest BCUT2D eigenvalue weighted by atomic mass is 9.98. The average Bonchev–Trinajstić information content (AvgIpc) is 2.72. The minimum Gasteiger partial charge on any atom is -0.506 e. The number of piperazine rings is 1. The van der Waals surface area contributed by atoms with Gasteiger partial charge in [0.1, 0.15) is 5.75 Å². The van der Waals surface area contributed by atoms with E-state index in [4.69, 9.17) is 4.99 Å². The maximum absolute atomic E-state index is 10.1. The van der Waals surface area contributed by atoms with Crippen LogP contribution in [0.25, 0.3) is 0 Å². The van der Waals surface area contributed by atoms with Crippen LogP contribution in [0.15, 0.2) is 29.3 Å². The molecular weight excluding hydrogens is 465 g/mol. The maximum atomic E-state index is 10.1. The molecule has 1 aromatic rings. The number of nitrogens with zero attached hydrogens (tertiary/aromatic N) is 4. The Hall–Kier alpha value is -1.22. The summed E-state index contributed by atoms with van der Waals surface area (Å²) < 4.78 is 0. The van der Waals surface area contributed by atoms with Gasteiger partial charge in [0, 0.05) is 45.8 Å². The third kappa shape index (κ3) is 6.14. The number of hydrogen-bond donors (Lipinski definition) is 2. The second-order valence-corrected chi connectivity index (χ2v) is 7.56. The number of phenolic OH excluding ortho intramolecular Hbond substituents is 1. The van der Waals surface area contributed by atoms with Crippen LogP contribution in [0.5, 0.6) is 5.75 Å². The summed E-state index contributed by atoms with van der Waals surface area (Å²) in [6, 6.07) is 7.61. The second-order valence-electron chi connectivity index (χ2n) is 7.56. The number of likely N-dealkylation sites (tertiary alicyclic amines) is 1. The predicted molar refractivity (Wildman–Crippen MR) is 128 cm³/mol. The van der Waals surface area contributed by atoms with E-state index in [1.165, 1.54) is 25.9 Å². The number of anilines is 1. The molecule has 2 fully saturated rings. The van der Waals surface area contributed by atoms with Crippen LogP contribution in [0.1, 0.15) is 26.7 Å². The van der Waals surface area contributed by atoms with Gasteiger partial charge in [-0.2, -0.15) is 0 Å². The van der Waals surface area contributed by atoms with Crippen LogP contribution in [0, 0.1) is 5.92 Å². The number of nitrogens with one attached hydrogen (secondary N) is 1. The van der Waals surface area contributed by atoms with Crippen molar-refractivity contribution in [3.8, 4) is 5.75 Å². The lowest BCUT2D eigenvalue weighted by Crippen LogP contribution is -2.52. The number of guanidine groups is 1. The third-order valence-corrected chi connectivity index (χ3v) is 5.69. The van der Waals surface area contributed by atoms with Crippen molar-refractivity contribution < 1.29 is 5.11 Å². The molecule has 1 atom stereocenters. The van der Waals surface area contributed by atoms with Gasteiger partial charge in [0.15, 0.2) is 5.96 Å². The lowest BCUT2D eigenvalue weighted by Gasteiger charge is -2.38. The zero-order valence-corrected chi connectivity index (χ0v) is 19.6. The van der Waals surface area contributed by atoms with E-state index in [0.29, 0.717) is 11.7 Å². The Bertz CT molecular complexity index is 619. The Morgan fingerprint density at radius 1 is 1.14 bits per heavy atom. The van der Waals surface area contributed by atoms with Crippen LogP contribution in [0.3, 0.4) is 0 Å². The predicted octanol–water partition coefficient (Wildman–Crippen LogP) is 2.83. The highest BCUT2D eigenvalue weighted by Crippen LogP contribution is 2.27. The fraction of sp³-hybridized carbons (Fsp3) is 0.667. The van der Waals surface area contributed by atoms with Gasteiger partial charge >= 0.3 is 0 Å².